The van der Waals surface area contributed by atoms with E-state index in [-0.39, 0.29) is 22.8 Å². The van der Waals surface area contributed by atoms with Gasteiger partial charge in [-0.05, 0) is 25.1 Å². The maximum Gasteiger partial charge on any atom is 0.338 e. The molecule has 0 amide bonds. The van der Waals surface area contributed by atoms with Gasteiger partial charge in [-0.1, -0.05) is 29.8 Å². The summed E-state index contributed by atoms with van der Waals surface area (Å²) in [5.74, 6) is -0.626. The highest BCUT2D eigenvalue weighted by Crippen LogP contribution is 2.26. The molecule has 1 aromatic heterocycles. The number of esters is 1. The Hall–Kier alpha value is -2.75. The van der Waals surface area contributed by atoms with E-state index in [1.807, 2.05) is 36.6 Å². The van der Waals surface area contributed by atoms with Crippen molar-refractivity contribution in [1.82, 2.24) is 4.98 Å². The molecule has 0 aliphatic carbocycles. The lowest BCUT2D eigenvalue weighted by atomic mass is 10.2. The van der Waals surface area contributed by atoms with Crippen LogP contribution in [0.1, 0.15) is 21.6 Å². The van der Waals surface area contributed by atoms with Crippen LogP contribution in [0.2, 0.25) is 0 Å². The molecule has 146 valence electrons. The minimum atomic E-state index is -4.04. The minimum Gasteiger partial charge on any atom is -0.495 e. The van der Waals surface area contributed by atoms with E-state index in [1.54, 1.807) is 0 Å². The monoisotopic (exact) mass is 418 g/mol. The number of thiazole rings is 1. The summed E-state index contributed by atoms with van der Waals surface area (Å²) >= 11 is 1.45. The largest absolute Gasteiger partial charge is 0.495 e. The van der Waals surface area contributed by atoms with Gasteiger partial charge in [-0.2, -0.15) is 0 Å². The molecule has 9 heteroatoms. The van der Waals surface area contributed by atoms with Crippen LogP contribution in [0.5, 0.6) is 5.75 Å². The lowest BCUT2D eigenvalue weighted by Gasteiger charge is -2.09. The summed E-state index contributed by atoms with van der Waals surface area (Å²) in [4.78, 5) is 16.5. The third-order valence-corrected chi connectivity index (χ3v) is 5.78. The zero-order valence-corrected chi connectivity index (χ0v) is 16.8. The van der Waals surface area contributed by atoms with Crippen molar-refractivity contribution < 1.29 is 22.7 Å². The van der Waals surface area contributed by atoms with Gasteiger partial charge in [0.25, 0.3) is 0 Å². The molecule has 0 radical (unpaired) electrons. The molecule has 0 aliphatic heterocycles. The van der Waals surface area contributed by atoms with E-state index in [9.17, 15) is 13.2 Å². The molecular formula is C19H18N2O5S2. The number of carbonyl (C=O) groups is 1. The Morgan fingerprint density at radius 3 is 2.54 bits per heavy atom. The maximum absolute atomic E-state index is 12.3. The molecular weight excluding hydrogens is 400 g/mol. The summed E-state index contributed by atoms with van der Waals surface area (Å²) in [5, 5.41) is 7.80. The van der Waals surface area contributed by atoms with E-state index in [0.29, 0.717) is 5.69 Å². The van der Waals surface area contributed by atoms with E-state index < -0.39 is 16.0 Å². The summed E-state index contributed by atoms with van der Waals surface area (Å²) in [6, 6.07) is 11.9. The highest BCUT2D eigenvalue weighted by atomic mass is 32.2. The number of nitrogens with zero attached hydrogens (tertiary/aromatic N) is 1. The first-order chi connectivity index (χ1) is 13.3. The number of methoxy groups -OCH3 is 1. The van der Waals surface area contributed by atoms with Crippen molar-refractivity contribution in [1.29, 1.82) is 0 Å². The second kappa shape index (κ2) is 8.09. The van der Waals surface area contributed by atoms with Crippen molar-refractivity contribution in [3.05, 3.63) is 64.7 Å². The predicted molar refractivity (Wildman–Crippen MR) is 106 cm³/mol. The van der Waals surface area contributed by atoms with Gasteiger partial charge < -0.3 is 9.47 Å². The number of nitrogens with two attached hydrogens (primary N) is 1. The van der Waals surface area contributed by atoms with Crippen molar-refractivity contribution >= 4 is 27.3 Å². The number of aryl methyl sites for hydroxylation is 1. The molecule has 28 heavy (non-hydrogen) atoms. The molecule has 0 saturated heterocycles. The Morgan fingerprint density at radius 2 is 1.89 bits per heavy atom. The molecule has 0 bridgehead atoms. The Bertz CT molecular complexity index is 1110. The van der Waals surface area contributed by atoms with Crippen molar-refractivity contribution in [3.8, 4) is 16.3 Å². The van der Waals surface area contributed by atoms with Crippen LogP contribution in [-0.4, -0.2) is 26.5 Å². The van der Waals surface area contributed by atoms with Crippen LogP contribution < -0.4 is 9.88 Å². The van der Waals surface area contributed by atoms with E-state index in [1.165, 1.54) is 30.6 Å². The fraction of sp³-hybridized carbons (Fsp3) is 0.158. The molecule has 1 heterocycles. The highest BCUT2D eigenvalue weighted by Gasteiger charge is 2.19. The number of hydrogen-bond donors (Lipinski definition) is 1. The van der Waals surface area contributed by atoms with Crippen LogP contribution in [0.25, 0.3) is 10.6 Å². The number of ether oxygens (including phenoxy) is 2. The Labute approximate surface area is 166 Å². The molecule has 0 unspecified atom stereocenters. The molecule has 0 atom stereocenters. The zero-order valence-electron chi connectivity index (χ0n) is 15.2. The molecule has 0 saturated carbocycles. The lowest BCUT2D eigenvalue weighted by Crippen LogP contribution is -2.15. The van der Waals surface area contributed by atoms with Gasteiger partial charge >= 0.3 is 5.97 Å². The van der Waals surface area contributed by atoms with Crippen LogP contribution in [0.3, 0.4) is 0 Å². The Morgan fingerprint density at radius 1 is 1.18 bits per heavy atom. The molecule has 0 aliphatic rings. The van der Waals surface area contributed by atoms with Crippen LogP contribution in [-0.2, 0) is 21.4 Å². The fourth-order valence-electron chi connectivity index (χ4n) is 2.45. The molecule has 7 nitrogen and oxygen atoms in total. The van der Waals surface area contributed by atoms with Gasteiger partial charge in [0, 0.05) is 10.9 Å². The van der Waals surface area contributed by atoms with Crippen LogP contribution in [0, 0.1) is 6.92 Å². The van der Waals surface area contributed by atoms with Gasteiger partial charge in [-0.25, -0.2) is 23.3 Å². The summed E-state index contributed by atoms with van der Waals surface area (Å²) in [7, 11) is -2.73. The van der Waals surface area contributed by atoms with E-state index in [2.05, 4.69) is 4.98 Å². The third kappa shape index (κ3) is 4.56. The van der Waals surface area contributed by atoms with Gasteiger partial charge in [-0.3, -0.25) is 0 Å². The number of rotatable bonds is 6. The number of primary sulfonamides is 1. The summed E-state index contributed by atoms with van der Waals surface area (Å²) in [6.45, 7) is 1.98. The molecule has 0 fully saturated rings. The smallest absolute Gasteiger partial charge is 0.338 e. The SMILES string of the molecule is COc1ccc(C(=O)OCc2csc(-c3ccc(C)cc3)n2)cc1S(N)(=O)=O. The first-order valence-electron chi connectivity index (χ1n) is 8.17. The number of benzene rings is 2. The van der Waals surface area contributed by atoms with Crippen molar-refractivity contribution in [3.63, 3.8) is 0 Å². The third-order valence-electron chi connectivity index (χ3n) is 3.91. The highest BCUT2D eigenvalue weighted by molar-refractivity contribution is 7.89. The predicted octanol–water partition coefficient (Wildman–Crippen LogP) is 3.13. The second-order valence-corrected chi connectivity index (χ2v) is 8.38. The zero-order chi connectivity index (χ0) is 20.3. The standard InChI is InChI=1S/C19H18N2O5S2/c1-12-3-5-13(6-4-12)18-21-15(11-27-18)10-26-19(22)14-7-8-16(25-2)17(9-14)28(20,23)24/h3-9,11H,10H2,1-2H3,(H2,20,23,24). The normalized spacial score (nSPS) is 11.2. The number of hydrogen-bond acceptors (Lipinski definition) is 7. The number of carbonyl (C=O) groups excluding carboxylic acids is 1. The number of sulfonamides is 1. The van der Waals surface area contributed by atoms with Crippen molar-refractivity contribution in [2.24, 2.45) is 5.14 Å². The average molecular weight is 418 g/mol. The summed E-state index contributed by atoms with van der Waals surface area (Å²) in [6.07, 6.45) is 0. The second-order valence-electron chi connectivity index (χ2n) is 6.00. The average Bonchev–Trinajstić information content (AvgIpc) is 3.14. The fourth-order valence-corrected chi connectivity index (χ4v) is 3.98. The van der Waals surface area contributed by atoms with Gasteiger partial charge in [0.2, 0.25) is 10.0 Å². The molecule has 3 rings (SSSR count). The molecule has 0 spiro atoms. The van der Waals surface area contributed by atoms with Gasteiger partial charge in [0.15, 0.2) is 0 Å². The van der Waals surface area contributed by atoms with Gasteiger partial charge in [0.1, 0.15) is 22.3 Å². The van der Waals surface area contributed by atoms with Crippen LogP contribution in [0.15, 0.2) is 52.7 Å². The van der Waals surface area contributed by atoms with Gasteiger partial charge in [0.05, 0.1) is 18.4 Å². The Balaban J connectivity index is 1.72. The molecule has 2 aromatic carbocycles. The van der Waals surface area contributed by atoms with Crippen LogP contribution in [0.4, 0.5) is 0 Å². The summed E-state index contributed by atoms with van der Waals surface area (Å²) in [5.41, 5.74) is 2.81. The van der Waals surface area contributed by atoms with Crippen molar-refractivity contribution in [2.75, 3.05) is 7.11 Å². The van der Waals surface area contributed by atoms with Crippen LogP contribution >= 0.6 is 11.3 Å². The van der Waals surface area contributed by atoms with Crippen molar-refractivity contribution in [2.45, 2.75) is 18.4 Å². The first kappa shape index (κ1) is 20.0. The Kier molecular flexibility index (Phi) is 5.78. The number of aromatic nitrogens is 1. The van der Waals surface area contributed by atoms with E-state index in [4.69, 9.17) is 14.6 Å². The lowest BCUT2D eigenvalue weighted by molar-refractivity contribution is 0.0468. The topological polar surface area (TPSA) is 109 Å². The first-order valence-corrected chi connectivity index (χ1v) is 10.6. The molecule has 2 N–H and O–H groups in total. The quantitative estimate of drug-likeness (QED) is 0.616. The maximum atomic E-state index is 12.3. The summed E-state index contributed by atoms with van der Waals surface area (Å²) < 4.78 is 33.5. The van der Waals surface area contributed by atoms with Gasteiger partial charge in [-0.15, -0.1) is 11.3 Å². The van der Waals surface area contributed by atoms with E-state index >= 15 is 0 Å². The van der Waals surface area contributed by atoms with E-state index in [0.717, 1.165) is 22.2 Å². The minimum absolute atomic E-state index is 0.0298. The molecule has 3 aromatic rings.